The van der Waals surface area contributed by atoms with E-state index in [0.29, 0.717) is 0 Å². The van der Waals surface area contributed by atoms with Crippen LogP contribution in [-0.4, -0.2) is 11.5 Å². The van der Waals surface area contributed by atoms with E-state index in [1.165, 1.54) is 0 Å². The van der Waals surface area contributed by atoms with Crippen LogP contribution >= 0.6 is 47.6 Å². The number of thiol groups is 1. The molecule has 66 valence electrons. The summed E-state index contributed by atoms with van der Waals surface area (Å²) in [6, 6.07) is 5.47. The topological polar surface area (TPSA) is 0 Å². The van der Waals surface area contributed by atoms with Gasteiger partial charge in [0.05, 0.1) is 5.02 Å². The van der Waals surface area contributed by atoms with Crippen molar-refractivity contribution in [1.29, 1.82) is 0 Å². The summed E-state index contributed by atoms with van der Waals surface area (Å²) in [4.78, 5) is 1.03. The molecule has 0 atom stereocenters. The highest BCUT2D eigenvalue weighted by atomic mass is 35.5. The van der Waals surface area contributed by atoms with Crippen molar-refractivity contribution in [3.05, 3.63) is 28.2 Å². The Bertz CT molecular complexity index is 263. The molecule has 0 heterocycles. The Labute approximate surface area is 92.0 Å². The number of hydrogen-bond acceptors (Lipinski definition) is 2. The molecule has 1 aromatic carbocycles. The molecule has 0 nitrogen and oxygen atoms in total. The lowest BCUT2D eigenvalue weighted by atomic mass is 10.4. The monoisotopic (exact) mass is 238 g/mol. The lowest BCUT2D eigenvalue weighted by Crippen LogP contribution is -1.80. The number of halogens is 2. The van der Waals surface area contributed by atoms with E-state index in [4.69, 9.17) is 23.2 Å². The van der Waals surface area contributed by atoms with Crippen LogP contribution in [0.25, 0.3) is 0 Å². The zero-order chi connectivity index (χ0) is 8.97. The maximum atomic E-state index is 5.93. The summed E-state index contributed by atoms with van der Waals surface area (Å²) in [5.41, 5.74) is 0. The third-order valence-corrected chi connectivity index (χ3v) is 3.50. The largest absolute Gasteiger partial charge is 0.178 e. The van der Waals surface area contributed by atoms with E-state index in [1.54, 1.807) is 17.8 Å². The van der Waals surface area contributed by atoms with Gasteiger partial charge in [0.2, 0.25) is 0 Å². The summed E-state index contributed by atoms with van der Waals surface area (Å²) >= 11 is 17.5. The van der Waals surface area contributed by atoms with Crippen LogP contribution in [0.3, 0.4) is 0 Å². The molecule has 0 aliphatic heterocycles. The Balaban J connectivity index is 2.75. The molecule has 0 saturated heterocycles. The molecule has 4 heteroatoms. The van der Waals surface area contributed by atoms with E-state index in [0.717, 1.165) is 26.4 Å². The zero-order valence-electron chi connectivity index (χ0n) is 6.26. The number of thioether (sulfide) groups is 1. The fraction of sp³-hybridized carbons (Fsp3) is 0.250. The first kappa shape index (κ1) is 10.6. The standard InChI is InChI=1S/C8H8Cl2S2/c9-6-1-2-7(10)8(5-6)12-4-3-11/h1-2,5,11H,3-4H2. The third-order valence-electron chi connectivity index (χ3n) is 1.24. The van der Waals surface area contributed by atoms with Gasteiger partial charge in [-0.1, -0.05) is 23.2 Å². The van der Waals surface area contributed by atoms with Gasteiger partial charge in [-0.25, -0.2) is 0 Å². The van der Waals surface area contributed by atoms with Crippen LogP contribution in [0.1, 0.15) is 0 Å². The van der Waals surface area contributed by atoms with E-state index in [-0.39, 0.29) is 0 Å². The molecule has 1 aromatic rings. The minimum absolute atomic E-state index is 0.723. The molecule has 0 aliphatic rings. The molecule has 0 aliphatic carbocycles. The molecule has 0 N–H and O–H groups in total. The second-order valence-corrected chi connectivity index (χ2v) is 4.57. The molecule has 0 bridgehead atoms. The predicted molar refractivity (Wildman–Crippen MR) is 61.0 cm³/mol. The molecule has 1 rings (SSSR count). The summed E-state index contributed by atoms with van der Waals surface area (Å²) < 4.78 is 0. The van der Waals surface area contributed by atoms with Gasteiger partial charge in [-0.2, -0.15) is 12.6 Å². The van der Waals surface area contributed by atoms with E-state index >= 15 is 0 Å². The van der Waals surface area contributed by atoms with Crippen molar-refractivity contribution in [2.24, 2.45) is 0 Å². The summed E-state index contributed by atoms with van der Waals surface area (Å²) in [5.74, 6) is 1.79. The molecule has 0 radical (unpaired) electrons. The van der Waals surface area contributed by atoms with Crippen molar-refractivity contribution in [3.63, 3.8) is 0 Å². The Morgan fingerprint density at radius 1 is 1.33 bits per heavy atom. The van der Waals surface area contributed by atoms with E-state index in [9.17, 15) is 0 Å². The molecular weight excluding hydrogens is 231 g/mol. The summed E-state index contributed by atoms with van der Waals surface area (Å²) in [6.07, 6.45) is 0. The Hall–Kier alpha value is 0.500. The molecule has 12 heavy (non-hydrogen) atoms. The van der Waals surface area contributed by atoms with Crippen molar-refractivity contribution in [2.75, 3.05) is 11.5 Å². The number of rotatable bonds is 3. The smallest absolute Gasteiger partial charge is 0.0542 e. The van der Waals surface area contributed by atoms with E-state index in [2.05, 4.69) is 12.6 Å². The van der Waals surface area contributed by atoms with Crippen molar-refractivity contribution in [2.45, 2.75) is 4.90 Å². The van der Waals surface area contributed by atoms with Gasteiger partial charge in [0.1, 0.15) is 0 Å². The normalized spacial score (nSPS) is 10.2. The lowest BCUT2D eigenvalue weighted by molar-refractivity contribution is 1.44. The highest BCUT2D eigenvalue weighted by molar-refractivity contribution is 8.00. The maximum Gasteiger partial charge on any atom is 0.0542 e. The first-order valence-corrected chi connectivity index (χ1v) is 5.80. The zero-order valence-corrected chi connectivity index (χ0v) is 9.48. The van der Waals surface area contributed by atoms with Gasteiger partial charge >= 0.3 is 0 Å². The Kier molecular flexibility index (Phi) is 4.65. The Morgan fingerprint density at radius 3 is 2.75 bits per heavy atom. The minimum Gasteiger partial charge on any atom is -0.178 e. The van der Waals surface area contributed by atoms with Crippen molar-refractivity contribution in [1.82, 2.24) is 0 Å². The average Bonchev–Trinajstić information content (AvgIpc) is 2.07. The van der Waals surface area contributed by atoms with Crippen molar-refractivity contribution in [3.8, 4) is 0 Å². The van der Waals surface area contributed by atoms with E-state index < -0.39 is 0 Å². The highest BCUT2D eigenvalue weighted by Crippen LogP contribution is 2.29. The third kappa shape index (κ3) is 3.09. The van der Waals surface area contributed by atoms with E-state index in [1.807, 2.05) is 12.1 Å². The molecule has 0 saturated carbocycles. The quantitative estimate of drug-likeness (QED) is 0.614. The van der Waals surface area contributed by atoms with Gasteiger partial charge in [-0.3, -0.25) is 0 Å². The molecule has 0 unspecified atom stereocenters. The van der Waals surface area contributed by atoms with Crippen LogP contribution in [0.4, 0.5) is 0 Å². The fourth-order valence-corrected chi connectivity index (χ4v) is 2.26. The van der Waals surface area contributed by atoms with Gasteiger partial charge in [-0.05, 0) is 24.0 Å². The highest BCUT2D eigenvalue weighted by Gasteiger charge is 2.00. The van der Waals surface area contributed by atoms with Gasteiger partial charge < -0.3 is 0 Å². The second-order valence-electron chi connectivity index (χ2n) is 2.15. The fourth-order valence-electron chi connectivity index (χ4n) is 0.743. The van der Waals surface area contributed by atoms with Gasteiger partial charge in [0, 0.05) is 15.7 Å². The Morgan fingerprint density at radius 2 is 2.08 bits per heavy atom. The van der Waals surface area contributed by atoms with Crippen LogP contribution in [0.15, 0.2) is 23.1 Å². The van der Waals surface area contributed by atoms with Crippen molar-refractivity contribution < 1.29 is 0 Å². The van der Waals surface area contributed by atoms with Crippen LogP contribution in [0.2, 0.25) is 10.0 Å². The molecule has 0 fully saturated rings. The second kappa shape index (κ2) is 5.28. The first-order chi connectivity index (χ1) is 5.74. The van der Waals surface area contributed by atoms with Crippen LogP contribution < -0.4 is 0 Å². The summed E-state index contributed by atoms with van der Waals surface area (Å²) in [7, 11) is 0. The summed E-state index contributed by atoms with van der Waals surface area (Å²) in [5, 5.41) is 1.48. The minimum atomic E-state index is 0.723. The van der Waals surface area contributed by atoms with Crippen LogP contribution in [-0.2, 0) is 0 Å². The molecule has 0 spiro atoms. The maximum absolute atomic E-state index is 5.93. The molecule has 0 aromatic heterocycles. The van der Waals surface area contributed by atoms with Crippen molar-refractivity contribution >= 4 is 47.6 Å². The molecular formula is C8H8Cl2S2. The average molecular weight is 239 g/mol. The molecule has 0 amide bonds. The van der Waals surface area contributed by atoms with Crippen LogP contribution in [0, 0.1) is 0 Å². The van der Waals surface area contributed by atoms with Crippen LogP contribution in [0.5, 0.6) is 0 Å². The van der Waals surface area contributed by atoms with Gasteiger partial charge in [0.25, 0.3) is 0 Å². The summed E-state index contributed by atoms with van der Waals surface area (Å²) in [6.45, 7) is 0. The van der Waals surface area contributed by atoms with Gasteiger partial charge in [0.15, 0.2) is 0 Å². The van der Waals surface area contributed by atoms with Gasteiger partial charge in [-0.15, -0.1) is 11.8 Å². The lowest BCUT2D eigenvalue weighted by Gasteiger charge is -2.02. The first-order valence-electron chi connectivity index (χ1n) is 3.43. The number of benzene rings is 1. The SMILES string of the molecule is SCCSc1cc(Cl)ccc1Cl. The number of hydrogen-bond donors (Lipinski definition) is 1. The predicted octanol–water partition coefficient (Wildman–Crippen LogP) is 4.02.